The highest BCUT2D eigenvalue weighted by molar-refractivity contribution is 5.80. The first-order valence-corrected chi connectivity index (χ1v) is 12.0. The standard InChI is InChI=1S/C27H32N4O3/c1-2-23(26-28-19-24(29-26)20-9-5-3-6-10-20)30-27(33)21-13-16-31(17-14-21)25(32)15-18-34-22-11-7-4-8-12-22/h3-12,19,21,23H,2,13-18H2,1H3,(H,28,29)(H,30,33). The summed E-state index contributed by atoms with van der Waals surface area (Å²) in [5.41, 5.74) is 2.00. The summed E-state index contributed by atoms with van der Waals surface area (Å²) >= 11 is 0. The van der Waals surface area contributed by atoms with Gasteiger partial charge in [0.05, 0.1) is 31.0 Å². The zero-order valence-corrected chi connectivity index (χ0v) is 19.6. The molecule has 4 rings (SSSR count). The van der Waals surface area contributed by atoms with E-state index >= 15 is 0 Å². The third kappa shape index (κ3) is 6.04. The van der Waals surface area contributed by atoms with Gasteiger partial charge in [-0.15, -0.1) is 0 Å². The van der Waals surface area contributed by atoms with Crippen LogP contribution in [0, 0.1) is 5.92 Å². The van der Waals surface area contributed by atoms with Crippen molar-refractivity contribution in [3.8, 4) is 17.0 Å². The zero-order chi connectivity index (χ0) is 23.8. The van der Waals surface area contributed by atoms with Gasteiger partial charge in [0.15, 0.2) is 0 Å². The molecule has 1 aliphatic heterocycles. The van der Waals surface area contributed by atoms with Crippen LogP contribution in [0.4, 0.5) is 0 Å². The van der Waals surface area contributed by atoms with E-state index < -0.39 is 0 Å². The molecule has 34 heavy (non-hydrogen) atoms. The predicted molar refractivity (Wildman–Crippen MR) is 131 cm³/mol. The molecule has 1 fully saturated rings. The van der Waals surface area contributed by atoms with Crippen LogP contribution in [0.15, 0.2) is 66.9 Å². The van der Waals surface area contributed by atoms with Crippen LogP contribution in [0.3, 0.4) is 0 Å². The maximum absolute atomic E-state index is 12.9. The van der Waals surface area contributed by atoms with E-state index in [1.807, 2.05) is 78.7 Å². The Balaban J connectivity index is 1.23. The van der Waals surface area contributed by atoms with E-state index in [9.17, 15) is 9.59 Å². The monoisotopic (exact) mass is 460 g/mol. The van der Waals surface area contributed by atoms with Crippen molar-refractivity contribution in [3.63, 3.8) is 0 Å². The molecule has 1 aromatic heterocycles. The molecule has 0 saturated carbocycles. The molecule has 7 nitrogen and oxygen atoms in total. The van der Waals surface area contributed by atoms with Crippen molar-refractivity contribution in [1.29, 1.82) is 0 Å². The first-order valence-electron chi connectivity index (χ1n) is 12.0. The Bertz CT molecular complexity index is 1060. The minimum atomic E-state index is -0.167. The lowest BCUT2D eigenvalue weighted by Crippen LogP contribution is -2.44. The molecule has 2 heterocycles. The molecule has 1 saturated heterocycles. The van der Waals surface area contributed by atoms with Crippen molar-refractivity contribution in [2.24, 2.45) is 5.92 Å². The normalized spacial score (nSPS) is 15.0. The number of aromatic nitrogens is 2. The van der Waals surface area contributed by atoms with E-state index in [0.29, 0.717) is 39.0 Å². The molecule has 1 unspecified atom stereocenters. The van der Waals surface area contributed by atoms with E-state index in [2.05, 4.69) is 15.3 Å². The Morgan fingerprint density at radius 1 is 1.09 bits per heavy atom. The number of benzene rings is 2. The number of H-pyrrole nitrogens is 1. The molecule has 2 amide bonds. The maximum atomic E-state index is 12.9. The summed E-state index contributed by atoms with van der Waals surface area (Å²) in [5.74, 6) is 1.54. The summed E-state index contributed by atoms with van der Waals surface area (Å²) in [5, 5.41) is 3.16. The lowest BCUT2D eigenvalue weighted by atomic mass is 9.95. The SMILES string of the molecule is CCC(NC(=O)C1CCN(C(=O)CCOc2ccccc2)CC1)c1ncc(-c2ccccc2)[nH]1. The van der Waals surface area contributed by atoms with Crippen LogP contribution in [0.2, 0.25) is 0 Å². The van der Waals surface area contributed by atoms with Crippen LogP contribution in [-0.4, -0.2) is 46.4 Å². The predicted octanol–water partition coefficient (Wildman–Crippen LogP) is 4.35. The summed E-state index contributed by atoms with van der Waals surface area (Å²) in [6.45, 7) is 3.58. The van der Waals surface area contributed by atoms with E-state index in [1.165, 1.54) is 0 Å². The van der Waals surface area contributed by atoms with Gasteiger partial charge in [0, 0.05) is 19.0 Å². The number of hydrogen-bond acceptors (Lipinski definition) is 4. The second kappa shape index (κ2) is 11.5. The first kappa shape index (κ1) is 23.5. The lowest BCUT2D eigenvalue weighted by molar-refractivity contribution is -0.136. The lowest BCUT2D eigenvalue weighted by Gasteiger charge is -2.32. The first-order chi connectivity index (χ1) is 16.6. The summed E-state index contributed by atoms with van der Waals surface area (Å²) in [6.07, 6.45) is 4.23. The molecule has 178 valence electrons. The van der Waals surface area contributed by atoms with Gasteiger partial charge in [-0.05, 0) is 37.0 Å². The van der Waals surface area contributed by atoms with Gasteiger partial charge in [-0.3, -0.25) is 9.59 Å². The highest BCUT2D eigenvalue weighted by atomic mass is 16.5. The molecule has 7 heteroatoms. The number of para-hydroxylation sites is 1. The number of amides is 2. The molecule has 1 aliphatic rings. The number of imidazole rings is 1. The highest BCUT2D eigenvalue weighted by Crippen LogP contribution is 2.23. The van der Waals surface area contributed by atoms with E-state index in [-0.39, 0.29) is 23.8 Å². The Morgan fingerprint density at radius 2 is 1.76 bits per heavy atom. The number of piperidine rings is 1. The largest absolute Gasteiger partial charge is 0.493 e. The minimum Gasteiger partial charge on any atom is -0.493 e. The summed E-state index contributed by atoms with van der Waals surface area (Å²) in [6, 6.07) is 19.3. The van der Waals surface area contributed by atoms with Gasteiger partial charge in [0.2, 0.25) is 11.8 Å². The number of ether oxygens (including phenoxy) is 1. The summed E-state index contributed by atoms with van der Waals surface area (Å²) in [4.78, 5) is 35.2. The quantitative estimate of drug-likeness (QED) is 0.497. The van der Waals surface area contributed by atoms with Gasteiger partial charge >= 0.3 is 0 Å². The fraction of sp³-hybridized carbons (Fsp3) is 0.370. The average Bonchev–Trinajstić information content (AvgIpc) is 3.38. The van der Waals surface area contributed by atoms with Crippen molar-refractivity contribution in [2.45, 2.75) is 38.6 Å². The van der Waals surface area contributed by atoms with Gasteiger partial charge in [-0.25, -0.2) is 4.98 Å². The van der Waals surface area contributed by atoms with Gasteiger partial charge < -0.3 is 19.9 Å². The number of rotatable bonds is 9. The van der Waals surface area contributed by atoms with Crippen molar-refractivity contribution in [2.75, 3.05) is 19.7 Å². The van der Waals surface area contributed by atoms with Crippen molar-refractivity contribution in [1.82, 2.24) is 20.2 Å². The van der Waals surface area contributed by atoms with E-state index in [1.54, 1.807) is 0 Å². The van der Waals surface area contributed by atoms with Crippen molar-refractivity contribution in [3.05, 3.63) is 72.7 Å². The molecule has 2 N–H and O–H groups in total. The van der Waals surface area contributed by atoms with Crippen molar-refractivity contribution >= 4 is 11.8 Å². The van der Waals surface area contributed by atoms with Gasteiger partial charge in [0.25, 0.3) is 0 Å². The van der Waals surface area contributed by atoms with Crippen LogP contribution in [0.1, 0.15) is 44.5 Å². The smallest absolute Gasteiger partial charge is 0.225 e. The van der Waals surface area contributed by atoms with Gasteiger partial charge in [-0.1, -0.05) is 55.5 Å². The number of aromatic amines is 1. The van der Waals surface area contributed by atoms with Crippen LogP contribution < -0.4 is 10.1 Å². The number of carbonyl (C=O) groups excluding carboxylic acids is 2. The van der Waals surface area contributed by atoms with Gasteiger partial charge in [0.1, 0.15) is 11.6 Å². The Hall–Kier alpha value is -3.61. The number of nitrogens with zero attached hydrogens (tertiary/aromatic N) is 2. The van der Waals surface area contributed by atoms with Crippen molar-refractivity contribution < 1.29 is 14.3 Å². The molecule has 0 spiro atoms. The third-order valence-corrected chi connectivity index (χ3v) is 6.28. The van der Waals surface area contributed by atoms with Crippen LogP contribution in [0.5, 0.6) is 5.75 Å². The molecular formula is C27H32N4O3. The molecule has 0 aliphatic carbocycles. The molecule has 0 radical (unpaired) electrons. The van der Waals surface area contributed by atoms with Crippen LogP contribution in [-0.2, 0) is 9.59 Å². The summed E-state index contributed by atoms with van der Waals surface area (Å²) < 4.78 is 5.63. The van der Waals surface area contributed by atoms with Gasteiger partial charge in [-0.2, -0.15) is 0 Å². The Kier molecular flexibility index (Phi) is 7.96. The average molecular weight is 461 g/mol. The topological polar surface area (TPSA) is 87.3 Å². The fourth-order valence-electron chi connectivity index (χ4n) is 4.25. The number of carbonyl (C=O) groups is 2. The van der Waals surface area contributed by atoms with Crippen LogP contribution >= 0.6 is 0 Å². The Labute approximate surface area is 200 Å². The minimum absolute atomic E-state index is 0.0315. The molecule has 1 atom stereocenters. The second-order valence-electron chi connectivity index (χ2n) is 8.58. The summed E-state index contributed by atoms with van der Waals surface area (Å²) in [7, 11) is 0. The Morgan fingerprint density at radius 3 is 2.44 bits per heavy atom. The number of likely N-dealkylation sites (tertiary alicyclic amines) is 1. The maximum Gasteiger partial charge on any atom is 0.225 e. The van der Waals surface area contributed by atoms with Crippen LogP contribution in [0.25, 0.3) is 11.3 Å². The second-order valence-corrected chi connectivity index (χ2v) is 8.58. The fourth-order valence-corrected chi connectivity index (χ4v) is 4.25. The molecule has 0 bridgehead atoms. The molecule has 2 aromatic carbocycles. The number of nitrogens with one attached hydrogen (secondary N) is 2. The van der Waals surface area contributed by atoms with E-state index in [4.69, 9.17) is 4.74 Å². The molecular weight excluding hydrogens is 428 g/mol. The third-order valence-electron chi connectivity index (χ3n) is 6.28. The molecule has 3 aromatic rings. The number of hydrogen-bond donors (Lipinski definition) is 2. The highest BCUT2D eigenvalue weighted by Gasteiger charge is 2.29. The van der Waals surface area contributed by atoms with E-state index in [0.717, 1.165) is 29.3 Å². The zero-order valence-electron chi connectivity index (χ0n) is 19.6.